The third-order valence-electron chi connectivity index (χ3n) is 2.62. The normalized spacial score (nSPS) is 21.5. The number of nitrogens with one attached hydrogen (secondary N) is 1. The average Bonchev–Trinajstić information content (AvgIpc) is 2.20. The number of aliphatic hydroxyl groups excluding tert-OH is 2. The molecular formula is C12H29N3O2. The van der Waals surface area contributed by atoms with E-state index in [2.05, 4.69) is 29.1 Å². The van der Waals surface area contributed by atoms with E-state index in [1.165, 1.54) is 39.1 Å². The van der Waals surface area contributed by atoms with E-state index in [-0.39, 0.29) is 0 Å². The lowest BCUT2D eigenvalue weighted by atomic mass is 10.3. The summed E-state index contributed by atoms with van der Waals surface area (Å²) in [5, 5.41) is 19.3. The third kappa shape index (κ3) is 10.7. The second kappa shape index (κ2) is 9.79. The summed E-state index contributed by atoms with van der Waals surface area (Å²) in [5.41, 5.74) is 0. The van der Waals surface area contributed by atoms with E-state index in [9.17, 15) is 0 Å². The fourth-order valence-corrected chi connectivity index (χ4v) is 1.74. The zero-order valence-corrected chi connectivity index (χ0v) is 11.7. The Kier molecular flexibility index (Phi) is 9.68. The monoisotopic (exact) mass is 247 g/mol. The summed E-state index contributed by atoms with van der Waals surface area (Å²) in [7, 11) is 2.20. The number of hydrogen-bond acceptors (Lipinski definition) is 5. The first-order valence-electron chi connectivity index (χ1n) is 6.48. The highest BCUT2D eigenvalue weighted by Gasteiger charge is 2.11. The van der Waals surface area contributed by atoms with Crippen LogP contribution in [-0.4, -0.2) is 72.2 Å². The van der Waals surface area contributed by atoms with Gasteiger partial charge in [-0.3, -0.25) is 5.32 Å². The Labute approximate surface area is 105 Å². The van der Waals surface area contributed by atoms with Gasteiger partial charge in [0.25, 0.3) is 0 Å². The Morgan fingerprint density at radius 2 is 1.53 bits per heavy atom. The van der Waals surface area contributed by atoms with Crippen LogP contribution in [0.15, 0.2) is 0 Å². The van der Waals surface area contributed by atoms with Crippen molar-refractivity contribution in [2.24, 2.45) is 0 Å². The molecule has 0 bridgehead atoms. The first kappa shape index (κ1) is 16.8. The summed E-state index contributed by atoms with van der Waals surface area (Å²) in [6, 6.07) is 0. The first-order chi connectivity index (χ1) is 7.95. The Bertz CT molecular complexity index is 163. The molecule has 0 amide bonds. The molecule has 1 fully saturated rings. The molecule has 2 unspecified atom stereocenters. The third-order valence-corrected chi connectivity index (χ3v) is 2.62. The van der Waals surface area contributed by atoms with Gasteiger partial charge in [0.15, 0.2) is 0 Å². The van der Waals surface area contributed by atoms with Crippen molar-refractivity contribution in [1.29, 1.82) is 0 Å². The largest absolute Gasteiger partial charge is 0.379 e. The Balaban J connectivity index is 0.000000325. The molecule has 1 aliphatic heterocycles. The second-order valence-electron chi connectivity index (χ2n) is 4.66. The summed E-state index contributed by atoms with van der Waals surface area (Å²) in [6.45, 7) is 11.7. The Hall–Kier alpha value is -0.200. The van der Waals surface area contributed by atoms with Crippen LogP contribution in [0, 0.1) is 0 Å². The molecule has 0 spiro atoms. The van der Waals surface area contributed by atoms with Gasteiger partial charge in [-0.15, -0.1) is 0 Å². The SMILES string of the molecule is CC(O)NC(C)O.CCCN1CCN(C)CC1. The summed E-state index contributed by atoms with van der Waals surface area (Å²) in [4.78, 5) is 4.94. The maximum atomic E-state index is 8.45. The minimum absolute atomic E-state index is 0.625. The molecule has 1 rings (SSSR count). The lowest BCUT2D eigenvalue weighted by Gasteiger charge is -2.31. The van der Waals surface area contributed by atoms with Gasteiger partial charge < -0.3 is 20.0 Å². The first-order valence-corrected chi connectivity index (χ1v) is 6.48. The van der Waals surface area contributed by atoms with Gasteiger partial charge in [-0.2, -0.15) is 0 Å². The predicted octanol–water partition coefficient (Wildman–Crippen LogP) is -0.104. The zero-order valence-electron chi connectivity index (χ0n) is 11.7. The molecule has 1 aliphatic rings. The van der Waals surface area contributed by atoms with Crippen LogP contribution in [-0.2, 0) is 0 Å². The molecule has 3 N–H and O–H groups in total. The van der Waals surface area contributed by atoms with Crippen molar-refractivity contribution in [3.05, 3.63) is 0 Å². The molecule has 5 heteroatoms. The van der Waals surface area contributed by atoms with Crippen LogP contribution in [0.3, 0.4) is 0 Å². The topological polar surface area (TPSA) is 59.0 Å². The molecule has 0 aromatic heterocycles. The van der Waals surface area contributed by atoms with Crippen LogP contribution in [0.25, 0.3) is 0 Å². The Morgan fingerprint density at radius 1 is 1.06 bits per heavy atom. The van der Waals surface area contributed by atoms with Crippen LogP contribution in [0.2, 0.25) is 0 Å². The van der Waals surface area contributed by atoms with Gasteiger partial charge in [-0.05, 0) is 33.9 Å². The number of piperazine rings is 1. The summed E-state index contributed by atoms with van der Waals surface area (Å²) in [6.07, 6.45) is 0.0454. The summed E-state index contributed by atoms with van der Waals surface area (Å²) < 4.78 is 0. The van der Waals surface area contributed by atoms with E-state index in [0.717, 1.165) is 0 Å². The molecular weight excluding hydrogens is 218 g/mol. The van der Waals surface area contributed by atoms with E-state index >= 15 is 0 Å². The van der Waals surface area contributed by atoms with E-state index in [1.54, 1.807) is 13.8 Å². The molecule has 2 atom stereocenters. The van der Waals surface area contributed by atoms with Crippen molar-refractivity contribution in [2.75, 3.05) is 39.8 Å². The van der Waals surface area contributed by atoms with Crippen molar-refractivity contribution in [3.63, 3.8) is 0 Å². The van der Waals surface area contributed by atoms with Gasteiger partial charge in [0.05, 0.1) is 0 Å². The van der Waals surface area contributed by atoms with Crippen LogP contribution in [0.1, 0.15) is 27.2 Å². The van der Waals surface area contributed by atoms with Crippen molar-refractivity contribution in [2.45, 2.75) is 39.6 Å². The molecule has 17 heavy (non-hydrogen) atoms. The molecule has 1 saturated heterocycles. The Morgan fingerprint density at radius 3 is 1.82 bits per heavy atom. The molecule has 5 nitrogen and oxygen atoms in total. The lowest BCUT2D eigenvalue weighted by Crippen LogP contribution is -2.44. The summed E-state index contributed by atoms with van der Waals surface area (Å²) in [5.74, 6) is 0. The number of hydrogen-bond donors (Lipinski definition) is 3. The zero-order chi connectivity index (χ0) is 13.3. The molecule has 0 radical (unpaired) electrons. The number of nitrogens with zero attached hydrogens (tertiary/aromatic N) is 2. The van der Waals surface area contributed by atoms with Gasteiger partial charge >= 0.3 is 0 Å². The quantitative estimate of drug-likeness (QED) is 0.606. The van der Waals surface area contributed by atoms with E-state index in [4.69, 9.17) is 10.2 Å². The van der Waals surface area contributed by atoms with Gasteiger partial charge in [0.1, 0.15) is 12.5 Å². The van der Waals surface area contributed by atoms with Crippen molar-refractivity contribution in [3.8, 4) is 0 Å². The highest BCUT2D eigenvalue weighted by atomic mass is 16.3. The van der Waals surface area contributed by atoms with Crippen LogP contribution in [0.4, 0.5) is 0 Å². The number of likely N-dealkylation sites (N-methyl/N-ethyl adjacent to an activating group) is 1. The summed E-state index contributed by atoms with van der Waals surface area (Å²) >= 11 is 0. The van der Waals surface area contributed by atoms with Crippen LogP contribution in [0.5, 0.6) is 0 Å². The van der Waals surface area contributed by atoms with Crippen molar-refractivity contribution in [1.82, 2.24) is 15.1 Å². The maximum absolute atomic E-state index is 8.45. The fourth-order valence-electron chi connectivity index (χ4n) is 1.74. The minimum atomic E-state index is -0.625. The molecule has 104 valence electrons. The minimum Gasteiger partial charge on any atom is -0.379 e. The molecule has 0 aromatic carbocycles. The lowest BCUT2D eigenvalue weighted by molar-refractivity contribution is 0.0632. The molecule has 0 saturated carbocycles. The van der Waals surface area contributed by atoms with Crippen molar-refractivity contribution >= 4 is 0 Å². The van der Waals surface area contributed by atoms with E-state index in [1.807, 2.05) is 0 Å². The van der Waals surface area contributed by atoms with Crippen molar-refractivity contribution < 1.29 is 10.2 Å². The van der Waals surface area contributed by atoms with E-state index < -0.39 is 12.5 Å². The maximum Gasteiger partial charge on any atom is 0.103 e. The number of rotatable bonds is 4. The number of aliphatic hydroxyl groups is 2. The standard InChI is InChI=1S/C8H18N2.C4H11NO2/c1-3-4-10-7-5-9(2)6-8-10;1-3(6)5-4(2)7/h3-8H2,1-2H3;3-7H,1-2H3. The fraction of sp³-hybridized carbons (Fsp3) is 1.00. The molecule has 0 aliphatic carbocycles. The highest BCUT2D eigenvalue weighted by molar-refractivity contribution is 4.67. The highest BCUT2D eigenvalue weighted by Crippen LogP contribution is 1.98. The van der Waals surface area contributed by atoms with Gasteiger partial charge in [-0.1, -0.05) is 6.92 Å². The smallest absolute Gasteiger partial charge is 0.103 e. The van der Waals surface area contributed by atoms with Crippen LogP contribution >= 0.6 is 0 Å². The average molecular weight is 247 g/mol. The van der Waals surface area contributed by atoms with Gasteiger partial charge in [0.2, 0.25) is 0 Å². The van der Waals surface area contributed by atoms with E-state index in [0.29, 0.717) is 0 Å². The van der Waals surface area contributed by atoms with Crippen LogP contribution < -0.4 is 5.32 Å². The molecule has 0 aromatic rings. The predicted molar refractivity (Wildman–Crippen MR) is 70.7 cm³/mol. The van der Waals surface area contributed by atoms with Gasteiger partial charge in [-0.25, -0.2) is 0 Å². The second-order valence-corrected chi connectivity index (χ2v) is 4.66. The molecule has 1 heterocycles. The van der Waals surface area contributed by atoms with Gasteiger partial charge in [0, 0.05) is 26.2 Å².